The Bertz CT molecular complexity index is 528. The first-order valence-electron chi connectivity index (χ1n) is 6.99. The molecule has 0 bridgehead atoms. The van der Waals surface area contributed by atoms with E-state index in [0.717, 1.165) is 11.9 Å². The molecule has 0 spiro atoms. The lowest BCUT2D eigenvalue weighted by Crippen LogP contribution is -2.03. The molecule has 0 atom stereocenters. The molecule has 2 aromatic carbocycles. The molecular weight excluding hydrogens is 244 g/mol. The molecule has 2 rings (SSSR count). The zero-order chi connectivity index (χ0) is 14.4. The van der Waals surface area contributed by atoms with Crippen molar-refractivity contribution in [3.05, 3.63) is 83.4 Å². The van der Waals surface area contributed by atoms with Crippen LogP contribution in [-0.4, -0.2) is 6.29 Å². The number of benzene rings is 2. The van der Waals surface area contributed by atoms with Gasteiger partial charge < -0.3 is 0 Å². The zero-order valence-electron chi connectivity index (χ0n) is 12.0. The topological polar surface area (TPSA) is 17.1 Å². The minimum absolute atomic E-state index is 0.125. The summed E-state index contributed by atoms with van der Waals surface area (Å²) in [7, 11) is 0. The van der Waals surface area contributed by atoms with Crippen LogP contribution in [0.4, 0.5) is 0 Å². The SMILES string of the molecule is CC(C)/C(C=O)=C/C(c1ccccc1)c1ccccc1. The van der Waals surface area contributed by atoms with Crippen molar-refractivity contribution in [1.29, 1.82) is 0 Å². The number of carbonyl (C=O) groups is 1. The van der Waals surface area contributed by atoms with Gasteiger partial charge in [0.15, 0.2) is 0 Å². The summed E-state index contributed by atoms with van der Waals surface area (Å²) in [6.07, 6.45) is 3.06. The van der Waals surface area contributed by atoms with Gasteiger partial charge in [0.25, 0.3) is 0 Å². The number of hydrogen-bond acceptors (Lipinski definition) is 1. The van der Waals surface area contributed by atoms with E-state index in [9.17, 15) is 4.79 Å². The van der Waals surface area contributed by atoms with Crippen LogP contribution in [-0.2, 0) is 4.79 Å². The Morgan fingerprint density at radius 1 is 0.850 bits per heavy atom. The van der Waals surface area contributed by atoms with Crippen molar-refractivity contribution >= 4 is 6.29 Å². The largest absolute Gasteiger partial charge is 0.298 e. The van der Waals surface area contributed by atoms with Gasteiger partial charge >= 0.3 is 0 Å². The molecule has 0 aliphatic heterocycles. The van der Waals surface area contributed by atoms with Gasteiger partial charge in [-0.15, -0.1) is 0 Å². The summed E-state index contributed by atoms with van der Waals surface area (Å²) in [4.78, 5) is 11.3. The second kappa shape index (κ2) is 6.85. The van der Waals surface area contributed by atoms with Gasteiger partial charge in [-0.2, -0.15) is 0 Å². The third-order valence-electron chi connectivity index (χ3n) is 3.48. The fourth-order valence-corrected chi connectivity index (χ4v) is 2.27. The zero-order valence-corrected chi connectivity index (χ0v) is 12.0. The van der Waals surface area contributed by atoms with E-state index < -0.39 is 0 Å². The van der Waals surface area contributed by atoms with Crippen molar-refractivity contribution < 1.29 is 4.79 Å². The average Bonchev–Trinajstić information content (AvgIpc) is 2.50. The van der Waals surface area contributed by atoms with Gasteiger partial charge in [-0.3, -0.25) is 4.79 Å². The number of carbonyl (C=O) groups excluding carboxylic acids is 1. The lowest BCUT2D eigenvalue weighted by atomic mass is 9.88. The number of aldehydes is 1. The summed E-state index contributed by atoms with van der Waals surface area (Å²) < 4.78 is 0. The van der Waals surface area contributed by atoms with Gasteiger partial charge in [-0.1, -0.05) is 80.6 Å². The summed E-state index contributed by atoms with van der Waals surface area (Å²) >= 11 is 0. The molecule has 0 fully saturated rings. The molecule has 0 unspecified atom stereocenters. The molecule has 1 nitrogen and oxygen atoms in total. The normalized spacial score (nSPS) is 11.9. The minimum Gasteiger partial charge on any atom is -0.298 e. The molecule has 0 heterocycles. The second-order valence-electron chi connectivity index (χ2n) is 5.24. The smallest absolute Gasteiger partial charge is 0.145 e. The van der Waals surface area contributed by atoms with Gasteiger partial charge in [-0.25, -0.2) is 0 Å². The van der Waals surface area contributed by atoms with Crippen molar-refractivity contribution in [2.45, 2.75) is 19.8 Å². The average molecular weight is 264 g/mol. The maximum absolute atomic E-state index is 11.3. The monoisotopic (exact) mass is 264 g/mol. The van der Waals surface area contributed by atoms with Crippen molar-refractivity contribution in [3.8, 4) is 0 Å². The van der Waals surface area contributed by atoms with Gasteiger partial charge in [0.05, 0.1) is 0 Å². The summed E-state index contributed by atoms with van der Waals surface area (Å²) in [5, 5.41) is 0. The molecule has 1 heteroatoms. The minimum atomic E-state index is 0.125. The van der Waals surface area contributed by atoms with E-state index >= 15 is 0 Å². The Morgan fingerprint density at radius 2 is 1.30 bits per heavy atom. The van der Waals surface area contributed by atoms with Gasteiger partial charge in [-0.05, 0) is 22.6 Å². The van der Waals surface area contributed by atoms with Crippen molar-refractivity contribution in [3.63, 3.8) is 0 Å². The number of hydrogen-bond donors (Lipinski definition) is 0. The lowest BCUT2D eigenvalue weighted by molar-refractivity contribution is -0.105. The number of allylic oxidation sites excluding steroid dienone is 2. The van der Waals surface area contributed by atoms with E-state index in [1.807, 2.05) is 50.2 Å². The third-order valence-corrected chi connectivity index (χ3v) is 3.48. The maximum Gasteiger partial charge on any atom is 0.145 e. The Labute approximate surface area is 121 Å². The standard InChI is InChI=1S/C19H20O/c1-15(2)18(14-20)13-19(16-9-5-3-6-10-16)17-11-7-4-8-12-17/h3-15,19H,1-2H3/b18-13+. The molecule has 0 amide bonds. The van der Waals surface area contributed by atoms with Crippen LogP contribution in [0.3, 0.4) is 0 Å². The van der Waals surface area contributed by atoms with Crippen LogP contribution in [0.25, 0.3) is 0 Å². The molecular formula is C19H20O. The van der Waals surface area contributed by atoms with Crippen LogP contribution in [0.5, 0.6) is 0 Å². The molecule has 0 radical (unpaired) electrons. The molecule has 20 heavy (non-hydrogen) atoms. The fourth-order valence-electron chi connectivity index (χ4n) is 2.27. The highest BCUT2D eigenvalue weighted by atomic mass is 16.1. The molecule has 0 N–H and O–H groups in total. The molecule has 102 valence electrons. The quantitative estimate of drug-likeness (QED) is 0.570. The van der Waals surface area contributed by atoms with E-state index in [2.05, 4.69) is 30.3 Å². The van der Waals surface area contributed by atoms with Gasteiger partial charge in [0, 0.05) is 5.92 Å². The van der Waals surface area contributed by atoms with E-state index in [-0.39, 0.29) is 11.8 Å². The molecule has 0 saturated carbocycles. The first-order chi connectivity index (χ1) is 9.72. The Kier molecular flexibility index (Phi) is 4.89. The summed E-state index contributed by atoms with van der Waals surface area (Å²) in [6.45, 7) is 4.10. The van der Waals surface area contributed by atoms with Crippen molar-refractivity contribution in [2.75, 3.05) is 0 Å². The van der Waals surface area contributed by atoms with E-state index in [1.54, 1.807) is 0 Å². The first kappa shape index (κ1) is 14.3. The molecule has 0 aliphatic carbocycles. The molecule has 0 aromatic heterocycles. The van der Waals surface area contributed by atoms with Crippen LogP contribution >= 0.6 is 0 Å². The van der Waals surface area contributed by atoms with Crippen LogP contribution in [0.1, 0.15) is 30.9 Å². The Balaban J connectivity index is 2.48. The Morgan fingerprint density at radius 3 is 1.65 bits per heavy atom. The summed E-state index contributed by atoms with van der Waals surface area (Å²) in [5.74, 6) is 0.363. The highest BCUT2D eigenvalue weighted by Gasteiger charge is 2.13. The van der Waals surface area contributed by atoms with E-state index in [0.29, 0.717) is 0 Å². The van der Waals surface area contributed by atoms with E-state index in [4.69, 9.17) is 0 Å². The molecule has 0 saturated heterocycles. The highest BCUT2D eigenvalue weighted by molar-refractivity contribution is 5.74. The summed E-state index contributed by atoms with van der Waals surface area (Å²) in [5.41, 5.74) is 3.26. The highest BCUT2D eigenvalue weighted by Crippen LogP contribution is 2.28. The van der Waals surface area contributed by atoms with E-state index in [1.165, 1.54) is 11.1 Å². The summed E-state index contributed by atoms with van der Waals surface area (Å²) in [6, 6.07) is 20.6. The third kappa shape index (κ3) is 3.45. The molecule has 0 aliphatic rings. The van der Waals surface area contributed by atoms with Crippen LogP contribution in [0.15, 0.2) is 72.3 Å². The predicted octanol–water partition coefficient (Wildman–Crippen LogP) is 4.60. The predicted molar refractivity (Wildman–Crippen MR) is 83.7 cm³/mol. The maximum atomic E-state index is 11.3. The van der Waals surface area contributed by atoms with Crippen LogP contribution in [0, 0.1) is 5.92 Å². The van der Waals surface area contributed by atoms with Gasteiger partial charge in [0.1, 0.15) is 6.29 Å². The Hall–Kier alpha value is -2.15. The second-order valence-corrected chi connectivity index (χ2v) is 5.24. The number of rotatable bonds is 5. The van der Waals surface area contributed by atoms with Crippen LogP contribution < -0.4 is 0 Å². The fraction of sp³-hybridized carbons (Fsp3) is 0.211. The lowest BCUT2D eigenvalue weighted by Gasteiger charge is -2.16. The van der Waals surface area contributed by atoms with Crippen LogP contribution in [0.2, 0.25) is 0 Å². The van der Waals surface area contributed by atoms with Crippen molar-refractivity contribution in [2.24, 2.45) is 5.92 Å². The van der Waals surface area contributed by atoms with Crippen molar-refractivity contribution in [1.82, 2.24) is 0 Å². The first-order valence-corrected chi connectivity index (χ1v) is 6.99. The molecule has 2 aromatic rings. The van der Waals surface area contributed by atoms with Gasteiger partial charge in [0.2, 0.25) is 0 Å².